The summed E-state index contributed by atoms with van der Waals surface area (Å²) in [4.78, 5) is 21.5. The first-order valence-electron chi connectivity index (χ1n) is 12.2. The van der Waals surface area contributed by atoms with Crippen molar-refractivity contribution in [2.75, 3.05) is 24.7 Å². The van der Waals surface area contributed by atoms with Crippen LogP contribution in [-0.2, 0) is 9.53 Å². The van der Waals surface area contributed by atoms with Crippen LogP contribution in [-0.4, -0.2) is 46.8 Å². The Hall–Kier alpha value is -3.25. The number of unbranched alkanes of at least 4 members (excludes halogenated alkanes) is 1. The van der Waals surface area contributed by atoms with E-state index in [1.807, 2.05) is 60.7 Å². The molecule has 0 fully saturated rings. The molecule has 0 aliphatic rings. The Kier molecular flexibility index (Phi) is 6.31. The predicted octanol–water partition coefficient (Wildman–Crippen LogP) is 4.91. The number of carboxylic acids is 1. The van der Waals surface area contributed by atoms with Crippen molar-refractivity contribution in [3.8, 4) is 22.5 Å². The topological polar surface area (TPSA) is 75.5 Å². The van der Waals surface area contributed by atoms with Crippen LogP contribution in [0.4, 0.5) is 5.82 Å². The number of benzene rings is 2. The van der Waals surface area contributed by atoms with Gasteiger partial charge in [-0.15, -0.1) is 0 Å². The summed E-state index contributed by atoms with van der Waals surface area (Å²) in [6, 6.07) is 17.1. The van der Waals surface area contributed by atoms with Crippen LogP contribution in [0, 0.1) is 0 Å². The fraction of sp³-hybridized carbons (Fsp3) is 0.320. The highest BCUT2D eigenvalue weighted by molar-refractivity contribution is 5.78. The quantitative estimate of drug-likeness (QED) is 0.442. The lowest BCUT2D eigenvalue weighted by atomic mass is 10.0. The molecule has 3 rings (SSSR count). The van der Waals surface area contributed by atoms with Crippen LogP contribution in [0.25, 0.3) is 22.5 Å². The van der Waals surface area contributed by atoms with E-state index in [0.717, 1.165) is 11.1 Å². The van der Waals surface area contributed by atoms with Gasteiger partial charge in [0.2, 0.25) is 0 Å². The maximum absolute atomic E-state index is 10.6. The van der Waals surface area contributed by atoms with Crippen molar-refractivity contribution < 1.29 is 20.1 Å². The van der Waals surface area contributed by atoms with Crippen molar-refractivity contribution in [1.82, 2.24) is 9.97 Å². The normalized spacial score (nSPS) is 15.1. The van der Waals surface area contributed by atoms with Crippen LogP contribution in [0.1, 0.15) is 32.1 Å². The fourth-order valence-electron chi connectivity index (χ4n) is 3.20. The van der Waals surface area contributed by atoms with Gasteiger partial charge in [-0.1, -0.05) is 60.7 Å². The van der Waals surface area contributed by atoms with Gasteiger partial charge in [0.05, 0.1) is 19.0 Å². The number of carboxylic acid groups (broad SMARTS) is 1. The molecular weight excluding hydrogens is 390 g/mol. The monoisotopic (exact) mass is 423 g/mol. The zero-order chi connectivity index (χ0) is 25.5. The van der Waals surface area contributed by atoms with Gasteiger partial charge in [0.15, 0.2) is 0 Å². The van der Waals surface area contributed by atoms with Crippen molar-refractivity contribution in [3.05, 3.63) is 66.9 Å². The summed E-state index contributed by atoms with van der Waals surface area (Å²) in [7, 11) is 0. The third-order valence-corrected chi connectivity index (χ3v) is 4.68. The molecule has 1 heterocycles. The summed E-state index contributed by atoms with van der Waals surface area (Å²) < 4.78 is 37.7. The number of rotatable bonds is 11. The standard InChI is InChI=1S/C25H29N3O3/c1-19(2)28(15-9-10-16-31-18-23(29)30)22-17-26-24(20-11-5-3-6-12-20)25(27-22)21-13-7-4-8-14-21/h3-8,11-14,17,19H,9-10,15-16,18H2,1-2H3,(H,29,30)/i1D3,19D. The molecule has 2 aromatic carbocycles. The zero-order valence-electron chi connectivity index (χ0n) is 21.5. The Labute approximate surface area is 189 Å². The van der Waals surface area contributed by atoms with Gasteiger partial charge in [0, 0.05) is 34.4 Å². The predicted molar refractivity (Wildman–Crippen MR) is 123 cm³/mol. The van der Waals surface area contributed by atoms with E-state index in [2.05, 4.69) is 4.98 Å². The molecule has 6 nitrogen and oxygen atoms in total. The molecule has 1 unspecified atom stereocenters. The van der Waals surface area contributed by atoms with Gasteiger partial charge in [-0.2, -0.15) is 0 Å². The molecular formula is C25H29N3O3. The molecule has 1 aromatic heterocycles. The van der Waals surface area contributed by atoms with Gasteiger partial charge >= 0.3 is 5.97 Å². The smallest absolute Gasteiger partial charge is 0.329 e. The van der Waals surface area contributed by atoms with Crippen molar-refractivity contribution in [3.63, 3.8) is 0 Å². The van der Waals surface area contributed by atoms with Crippen LogP contribution in [0.2, 0.25) is 0 Å². The van der Waals surface area contributed by atoms with E-state index in [-0.39, 0.29) is 25.6 Å². The van der Waals surface area contributed by atoms with E-state index in [0.29, 0.717) is 24.2 Å². The second-order valence-electron chi connectivity index (χ2n) is 7.05. The van der Waals surface area contributed by atoms with Gasteiger partial charge in [0.1, 0.15) is 12.4 Å². The number of hydrogen-bond donors (Lipinski definition) is 1. The average molecular weight is 424 g/mol. The highest BCUT2D eigenvalue weighted by atomic mass is 16.5. The molecule has 0 aliphatic carbocycles. The molecule has 0 amide bonds. The summed E-state index contributed by atoms with van der Waals surface area (Å²) in [5, 5.41) is 8.69. The Bertz CT molecular complexity index is 1110. The van der Waals surface area contributed by atoms with E-state index < -0.39 is 18.8 Å². The number of ether oxygens (including phenoxy) is 1. The van der Waals surface area contributed by atoms with Crippen LogP contribution in [0.3, 0.4) is 0 Å². The number of aliphatic carboxylic acids is 1. The lowest BCUT2D eigenvalue weighted by molar-refractivity contribution is -0.142. The first-order valence-corrected chi connectivity index (χ1v) is 10.2. The second kappa shape index (κ2) is 11.2. The molecule has 0 radical (unpaired) electrons. The molecule has 0 saturated carbocycles. The van der Waals surface area contributed by atoms with E-state index in [1.165, 1.54) is 18.0 Å². The minimum atomic E-state index is -2.61. The van der Waals surface area contributed by atoms with Crippen LogP contribution < -0.4 is 4.90 Å². The highest BCUT2D eigenvalue weighted by Crippen LogP contribution is 2.30. The number of carbonyl (C=O) groups is 1. The first kappa shape index (κ1) is 17.4. The second-order valence-corrected chi connectivity index (χ2v) is 7.05. The number of hydrogen-bond acceptors (Lipinski definition) is 5. The van der Waals surface area contributed by atoms with E-state index >= 15 is 0 Å². The van der Waals surface area contributed by atoms with E-state index in [1.54, 1.807) is 0 Å². The third kappa shape index (κ3) is 6.36. The van der Waals surface area contributed by atoms with Gasteiger partial charge in [0.25, 0.3) is 0 Å². The van der Waals surface area contributed by atoms with Crippen LogP contribution >= 0.6 is 0 Å². The molecule has 3 aromatic rings. The minimum absolute atomic E-state index is 0.211. The van der Waals surface area contributed by atoms with Crippen molar-refractivity contribution >= 4 is 11.8 Å². The maximum Gasteiger partial charge on any atom is 0.329 e. The molecule has 6 heteroatoms. The van der Waals surface area contributed by atoms with Gasteiger partial charge < -0.3 is 14.7 Å². The van der Waals surface area contributed by atoms with E-state index in [9.17, 15) is 4.79 Å². The van der Waals surface area contributed by atoms with Crippen molar-refractivity contribution in [2.45, 2.75) is 32.6 Å². The molecule has 1 N–H and O–H groups in total. The minimum Gasteiger partial charge on any atom is -0.480 e. The summed E-state index contributed by atoms with van der Waals surface area (Å²) >= 11 is 0. The zero-order valence-corrected chi connectivity index (χ0v) is 17.5. The summed E-state index contributed by atoms with van der Waals surface area (Å²) in [6.07, 6.45) is 2.49. The maximum atomic E-state index is 10.6. The largest absolute Gasteiger partial charge is 0.480 e. The molecule has 0 aliphatic heterocycles. The molecule has 0 bridgehead atoms. The van der Waals surface area contributed by atoms with Gasteiger partial charge in [-0.3, -0.25) is 4.98 Å². The molecule has 0 spiro atoms. The summed E-state index contributed by atoms with van der Waals surface area (Å²) in [5.41, 5.74) is 2.94. The Morgan fingerprint density at radius 2 is 1.74 bits per heavy atom. The first-order chi connectivity index (χ1) is 16.6. The fourth-order valence-corrected chi connectivity index (χ4v) is 3.20. The number of anilines is 1. The van der Waals surface area contributed by atoms with Crippen LogP contribution in [0.15, 0.2) is 66.9 Å². The van der Waals surface area contributed by atoms with Crippen molar-refractivity contribution in [2.24, 2.45) is 0 Å². The van der Waals surface area contributed by atoms with E-state index in [4.69, 9.17) is 20.3 Å². The van der Waals surface area contributed by atoms with Gasteiger partial charge in [-0.25, -0.2) is 9.78 Å². The lowest BCUT2D eigenvalue weighted by Crippen LogP contribution is -2.33. The molecule has 0 saturated heterocycles. The van der Waals surface area contributed by atoms with Crippen LogP contribution in [0.5, 0.6) is 0 Å². The molecule has 31 heavy (non-hydrogen) atoms. The van der Waals surface area contributed by atoms with Gasteiger partial charge in [-0.05, 0) is 26.6 Å². The summed E-state index contributed by atoms with van der Waals surface area (Å²) in [6.45, 7) is -1.23. The van der Waals surface area contributed by atoms with Crippen molar-refractivity contribution in [1.29, 1.82) is 0 Å². The average Bonchev–Trinajstić information content (AvgIpc) is 2.83. The molecule has 162 valence electrons. The molecule has 1 atom stereocenters. The number of aromatic nitrogens is 2. The Morgan fingerprint density at radius 1 is 1.10 bits per heavy atom. The summed E-state index contributed by atoms with van der Waals surface area (Å²) in [5.74, 6) is -0.765. The number of nitrogens with zero attached hydrogens (tertiary/aromatic N) is 3. The Balaban J connectivity index is 1.98. The third-order valence-electron chi connectivity index (χ3n) is 4.68. The Morgan fingerprint density at radius 3 is 2.35 bits per heavy atom. The SMILES string of the molecule is [2H]C([2H])([2H])C([2H])(C)N(CCCCOCC(=O)O)c1cnc(-c2ccccc2)c(-c2ccccc2)n1. The highest BCUT2D eigenvalue weighted by Gasteiger charge is 2.17. The lowest BCUT2D eigenvalue weighted by Gasteiger charge is -2.28.